The summed E-state index contributed by atoms with van der Waals surface area (Å²) in [6.07, 6.45) is 2.87. The highest BCUT2D eigenvalue weighted by Gasteiger charge is 2.38. The summed E-state index contributed by atoms with van der Waals surface area (Å²) in [4.78, 5) is 27.4. The first kappa shape index (κ1) is 37.9. The molecule has 3 aromatic carbocycles. The number of benzene rings is 3. The number of amides is 2. The first-order valence-corrected chi connectivity index (χ1v) is 17.5. The second kappa shape index (κ2) is 18.8. The van der Waals surface area contributed by atoms with Crippen molar-refractivity contribution in [3.05, 3.63) is 95.6 Å². The molecule has 5 rings (SSSR count). The molecule has 266 valence electrons. The third-order valence-corrected chi connectivity index (χ3v) is 9.10. The number of hydrogen-bond donors (Lipinski definition) is 3. The number of hydrogen-bond acceptors (Lipinski definition) is 4. The molecule has 0 bridgehead atoms. The number of piperidine rings is 1. The lowest BCUT2D eigenvalue weighted by Gasteiger charge is -2.39. The van der Waals surface area contributed by atoms with Crippen LogP contribution < -0.4 is 10.6 Å². The third-order valence-electron chi connectivity index (χ3n) is 9.10. The monoisotopic (exact) mass is 680 g/mol. The SMILES string of the molecule is CC(C)CNCc1cccc(-c2cccc(CN(C(=O)NC3CCCCC3)C3CCN(Cc4ccccc4)CC3)c2)c1.O=C(O)C(F)(F)F. The van der Waals surface area contributed by atoms with Gasteiger partial charge in [0.15, 0.2) is 0 Å². The number of halogens is 3. The van der Waals surface area contributed by atoms with Gasteiger partial charge in [0.05, 0.1) is 0 Å². The minimum Gasteiger partial charge on any atom is -0.475 e. The van der Waals surface area contributed by atoms with E-state index in [-0.39, 0.29) is 12.1 Å². The van der Waals surface area contributed by atoms with Gasteiger partial charge in [-0.1, -0.05) is 99.8 Å². The van der Waals surface area contributed by atoms with Crippen LogP contribution in [0.3, 0.4) is 0 Å². The highest BCUT2D eigenvalue weighted by molar-refractivity contribution is 5.75. The van der Waals surface area contributed by atoms with Crippen LogP contribution in [0.1, 0.15) is 75.5 Å². The fraction of sp³-hybridized carbons (Fsp3) is 0.487. The molecule has 1 heterocycles. The predicted molar refractivity (Wildman–Crippen MR) is 188 cm³/mol. The lowest BCUT2D eigenvalue weighted by molar-refractivity contribution is -0.192. The number of nitrogens with one attached hydrogen (secondary N) is 2. The number of carboxylic acids is 1. The maximum atomic E-state index is 13.8. The smallest absolute Gasteiger partial charge is 0.475 e. The lowest BCUT2D eigenvalue weighted by atomic mass is 9.95. The van der Waals surface area contributed by atoms with E-state index in [0.29, 0.717) is 18.5 Å². The van der Waals surface area contributed by atoms with Gasteiger partial charge in [-0.05, 0) is 78.1 Å². The highest BCUT2D eigenvalue weighted by atomic mass is 19.4. The number of aliphatic carboxylic acids is 1. The molecule has 0 aromatic heterocycles. The van der Waals surface area contributed by atoms with Gasteiger partial charge in [0, 0.05) is 44.8 Å². The molecule has 1 saturated carbocycles. The molecule has 1 aliphatic heterocycles. The third kappa shape index (κ3) is 12.8. The zero-order valence-electron chi connectivity index (χ0n) is 28.7. The molecule has 49 heavy (non-hydrogen) atoms. The average Bonchev–Trinajstić information content (AvgIpc) is 3.08. The van der Waals surface area contributed by atoms with Crippen molar-refractivity contribution in [2.45, 2.75) is 96.7 Å². The summed E-state index contributed by atoms with van der Waals surface area (Å²) in [7, 11) is 0. The Kier molecular flexibility index (Phi) is 14.5. The molecule has 10 heteroatoms. The number of alkyl halides is 3. The van der Waals surface area contributed by atoms with E-state index >= 15 is 0 Å². The second-order valence-corrected chi connectivity index (χ2v) is 13.6. The van der Waals surface area contributed by atoms with Crippen LogP contribution in [-0.2, 0) is 24.4 Å². The van der Waals surface area contributed by atoms with E-state index in [1.54, 1.807) is 0 Å². The Morgan fingerprint density at radius 3 is 2.00 bits per heavy atom. The minimum atomic E-state index is -5.08. The van der Waals surface area contributed by atoms with Gasteiger partial charge in [-0.25, -0.2) is 9.59 Å². The number of rotatable bonds is 11. The molecule has 0 radical (unpaired) electrons. The normalized spacial score (nSPS) is 16.1. The summed E-state index contributed by atoms with van der Waals surface area (Å²) >= 11 is 0. The lowest BCUT2D eigenvalue weighted by Crippen LogP contribution is -2.52. The van der Waals surface area contributed by atoms with Crippen LogP contribution in [0.25, 0.3) is 11.1 Å². The minimum absolute atomic E-state index is 0.118. The summed E-state index contributed by atoms with van der Waals surface area (Å²) in [6.45, 7) is 10.0. The molecule has 1 saturated heterocycles. The Morgan fingerprint density at radius 2 is 1.41 bits per heavy atom. The van der Waals surface area contributed by atoms with Crippen LogP contribution in [0.5, 0.6) is 0 Å². The summed E-state index contributed by atoms with van der Waals surface area (Å²) in [5.74, 6) is -2.12. The molecule has 0 spiro atoms. The molecular formula is C39H51F3N4O3. The predicted octanol–water partition coefficient (Wildman–Crippen LogP) is 8.24. The highest BCUT2D eigenvalue weighted by Crippen LogP contribution is 2.26. The van der Waals surface area contributed by atoms with Crippen LogP contribution in [0.4, 0.5) is 18.0 Å². The molecule has 7 nitrogen and oxygen atoms in total. The number of carbonyl (C=O) groups is 2. The van der Waals surface area contributed by atoms with Crippen LogP contribution in [0.2, 0.25) is 0 Å². The second-order valence-electron chi connectivity index (χ2n) is 13.6. The van der Waals surface area contributed by atoms with E-state index in [9.17, 15) is 18.0 Å². The standard InChI is InChI=1S/C37H50N4O.C2HF3O2/c1-29(2)25-38-26-31-13-9-15-33(23-31)34-16-10-14-32(24-34)28-41(37(42)39-35-17-7-4-8-18-35)36-19-21-40(22-20-36)27-30-11-5-3-6-12-30;3-2(4,5)1(6)7/h3,5-6,9-16,23-24,29,35-36,38H,4,7-8,17-22,25-28H2,1-2H3,(H,39,42);(H,6,7). The number of carbonyl (C=O) groups excluding carboxylic acids is 1. The molecule has 0 atom stereocenters. The molecule has 2 amide bonds. The molecule has 1 aliphatic carbocycles. The van der Waals surface area contributed by atoms with Gasteiger partial charge >= 0.3 is 18.2 Å². The first-order valence-electron chi connectivity index (χ1n) is 17.5. The van der Waals surface area contributed by atoms with Gasteiger partial charge in [-0.15, -0.1) is 0 Å². The summed E-state index contributed by atoms with van der Waals surface area (Å²) < 4.78 is 31.7. The zero-order valence-corrected chi connectivity index (χ0v) is 28.7. The van der Waals surface area contributed by atoms with Gasteiger partial charge in [-0.3, -0.25) is 4.90 Å². The van der Waals surface area contributed by atoms with Crippen molar-refractivity contribution in [3.63, 3.8) is 0 Å². The number of likely N-dealkylation sites (tertiary alicyclic amines) is 1. The van der Waals surface area contributed by atoms with Crippen molar-refractivity contribution in [2.24, 2.45) is 5.92 Å². The van der Waals surface area contributed by atoms with Crippen molar-refractivity contribution < 1.29 is 27.9 Å². The first-order chi connectivity index (χ1) is 23.5. The molecule has 2 fully saturated rings. The van der Waals surface area contributed by atoms with Crippen LogP contribution in [0, 0.1) is 5.92 Å². The molecule has 2 aliphatic rings. The molecule has 0 unspecified atom stereocenters. The van der Waals surface area contributed by atoms with Crippen molar-refractivity contribution >= 4 is 12.0 Å². The van der Waals surface area contributed by atoms with Gasteiger partial charge in [0.25, 0.3) is 0 Å². The van der Waals surface area contributed by atoms with Crippen molar-refractivity contribution in [1.29, 1.82) is 0 Å². The molecular weight excluding hydrogens is 629 g/mol. The van der Waals surface area contributed by atoms with Gasteiger partial charge in [0.1, 0.15) is 0 Å². The number of nitrogens with zero attached hydrogens (tertiary/aromatic N) is 2. The summed E-state index contributed by atoms with van der Waals surface area (Å²) in [6, 6.07) is 29.1. The van der Waals surface area contributed by atoms with Crippen molar-refractivity contribution in [1.82, 2.24) is 20.4 Å². The van der Waals surface area contributed by atoms with E-state index in [1.807, 2.05) is 0 Å². The fourth-order valence-corrected chi connectivity index (χ4v) is 6.51. The van der Waals surface area contributed by atoms with E-state index in [1.165, 1.54) is 47.1 Å². The Balaban J connectivity index is 0.000000698. The van der Waals surface area contributed by atoms with Crippen LogP contribution in [0.15, 0.2) is 78.9 Å². The van der Waals surface area contributed by atoms with Gasteiger partial charge in [-0.2, -0.15) is 13.2 Å². The van der Waals surface area contributed by atoms with Gasteiger partial charge < -0.3 is 20.6 Å². The van der Waals surface area contributed by atoms with E-state index in [0.717, 1.165) is 58.4 Å². The quantitative estimate of drug-likeness (QED) is 0.190. The van der Waals surface area contributed by atoms with E-state index in [2.05, 4.69) is 113 Å². The largest absolute Gasteiger partial charge is 0.490 e. The fourth-order valence-electron chi connectivity index (χ4n) is 6.51. The molecule has 3 aromatic rings. The topological polar surface area (TPSA) is 84.9 Å². The van der Waals surface area contributed by atoms with Crippen LogP contribution in [-0.4, -0.2) is 64.8 Å². The zero-order chi connectivity index (χ0) is 35.2. The van der Waals surface area contributed by atoms with E-state index < -0.39 is 12.1 Å². The summed E-state index contributed by atoms with van der Waals surface area (Å²) in [5.41, 5.74) is 6.30. The Bertz CT molecular complexity index is 1450. The van der Waals surface area contributed by atoms with Crippen molar-refractivity contribution in [2.75, 3.05) is 19.6 Å². The number of carboxylic acid groups (broad SMARTS) is 1. The van der Waals surface area contributed by atoms with Crippen LogP contribution >= 0.6 is 0 Å². The average molecular weight is 681 g/mol. The maximum absolute atomic E-state index is 13.8. The Labute approximate surface area is 288 Å². The Hall–Kier alpha value is -3.89. The summed E-state index contributed by atoms with van der Waals surface area (Å²) in [5, 5.41) is 14.1. The van der Waals surface area contributed by atoms with Crippen molar-refractivity contribution in [3.8, 4) is 11.1 Å². The van der Waals surface area contributed by atoms with E-state index in [4.69, 9.17) is 9.90 Å². The Morgan fingerprint density at radius 1 is 0.837 bits per heavy atom. The maximum Gasteiger partial charge on any atom is 0.490 e. The molecule has 3 N–H and O–H groups in total. The van der Waals surface area contributed by atoms with Gasteiger partial charge in [0.2, 0.25) is 0 Å². The number of urea groups is 1.